The number of benzene rings is 1. The molecule has 28 heavy (non-hydrogen) atoms. The van der Waals surface area contributed by atoms with E-state index in [-0.39, 0.29) is 17.9 Å². The van der Waals surface area contributed by atoms with Gasteiger partial charge in [0.1, 0.15) is 0 Å². The maximum Gasteiger partial charge on any atom is 0.279 e. The number of amides is 1. The van der Waals surface area contributed by atoms with Crippen molar-refractivity contribution < 1.29 is 4.79 Å². The standard InChI is InChI=1S/C21H27N5O2/c1-5-25-15(4)17(11-12-18(27)22-13-14(2)3)20(28)26-21(25)23-19(24-26)16-9-7-6-8-10-16/h6-10,14H,5,11-13H2,1-4H3,(H,22,27). The molecule has 0 saturated heterocycles. The zero-order chi connectivity index (χ0) is 20.3. The van der Waals surface area contributed by atoms with Crippen LogP contribution in [0.1, 0.15) is 38.4 Å². The number of carbonyl (C=O) groups excluding carboxylic acids is 1. The summed E-state index contributed by atoms with van der Waals surface area (Å²) in [6.45, 7) is 9.31. The summed E-state index contributed by atoms with van der Waals surface area (Å²) in [6, 6.07) is 9.60. The quantitative estimate of drug-likeness (QED) is 0.682. The van der Waals surface area contributed by atoms with Crippen LogP contribution in [0.2, 0.25) is 0 Å². The SMILES string of the molecule is CCn1c(C)c(CCC(=O)NCC(C)C)c(=O)n2nc(-c3ccccc3)nc12. The van der Waals surface area contributed by atoms with Crippen molar-refractivity contribution in [3.05, 3.63) is 51.9 Å². The second-order valence-electron chi connectivity index (χ2n) is 7.32. The van der Waals surface area contributed by atoms with Crippen LogP contribution in [-0.4, -0.2) is 31.6 Å². The summed E-state index contributed by atoms with van der Waals surface area (Å²) in [5.74, 6) is 1.40. The number of carbonyl (C=O) groups is 1. The Bertz CT molecular complexity index is 1030. The average Bonchev–Trinajstić information content (AvgIpc) is 3.12. The molecule has 0 aliphatic carbocycles. The Morgan fingerprint density at radius 1 is 1.21 bits per heavy atom. The van der Waals surface area contributed by atoms with Gasteiger partial charge in [-0.25, -0.2) is 0 Å². The van der Waals surface area contributed by atoms with Gasteiger partial charge in [-0.05, 0) is 26.2 Å². The highest BCUT2D eigenvalue weighted by molar-refractivity contribution is 5.76. The van der Waals surface area contributed by atoms with Gasteiger partial charge in [0, 0.05) is 36.3 Å². The number of hydrogen-bond donors (Lipinski definition) is 1. The molecule has 1 aromatic carbocycles. The molecule has 0 radical (unpaired) electrons. The highest BCUT2D eigenvalue weighted by atomic mass is 16.1. The van der Waals surface area contributed by atoms with Gasteiger partial charge in [-0.15, -0.1) is 5.10 Å². The van der Waals surface area contributed by atoms with E-state index in [0.717, 1.165) is 11.3 Å². The van der Waals surface area contributed by atoms with E-state index >= 15 is 0 Å². The van der Waals surface area contributed by atoms with Gasteiger partial charge in [-0.1, -0.05) is 44.2 Å². The third-order valence-corrected chi connectivity index (χ3v) is 4.78. The first-order valence-electron chi connectivity index (χ1n) is 9.73. The number of aryl methyl sites for hydroxylation is 1. The predicted molar refractivity (Wildman–Crippen MR) is 109 cm³/mol. The second kappa shape index (κ2) is 8.37. The molecule has 3 rings (SSSR count). The number of nitrogens with one attached hydrogen (secondary N) is 1. The Morgan fingerprint density at radius 3 is 2.57 bits per heavy atom. The fourth-order valence-electron chi connectivity index (χ4n) is 3.23. The van der Waals surface area contributed by atoms with Gasteiger partial charge in [0.2, 0.25) is 11.7 Å². The average molecular weight is 381 g/mol. The number of aromatic nitrogens is 4. The van der Waals surface area contributed by atoms with E-state index in [4.69, 9.17) is 0 Å². The van der Waals surface area contributed by atoms with E-state index < -0.39 is 0 Å². The molecule has 2 aromatic heterocycles. The minimum Gasteiger partial charge on any atom is -0.356 e. The van der Waals surface area contributed by atoms with Gasteiger partial charge in [0.05, 0.1) is 0 Å². The molecule has 0 spiro atoms. The van der Waals surface area contributed by atoms with Crippen molar-refractivity contribution in [1.29, 1.82) is 0 Å². The normalized spacial score (nSPS) is 11.3. The van der Waals surface area contributed by atoms with Crippen LogP contribution in [0.4, 0.5) is 0 Å². The van der Waals surface area contributed by atoms with E-state index in [1.54, 1.807) is 0 Å². The third-order valence-electron chi connectivity index (χ3n) is 4.78. The Morgan fingerprint density at radius 2 is 1.93 bits per heavy atom. The van der Waals surface area contributed by atoms with Crippen LogP contribution < -0.4 is 10.9 Å². The Hall–Kier alpha value is -2.96. The fraction of sp³-hybridized carbons (Fsp3) is 0.429. The lowest BCUT2D eigenvalue weighted by atomic mass is 10.1. The summed E-state index contributed by atoms with van der Waals surface area (Å²) in [4.78, 5) is 29.7. The van der Waals surface area contributed by atoms with Crippen molar-refractivity contribution in [1.82, 2.24) is 24.5 Å². The van der Waals surface area contributed by atoms with Crippen molar-refractivity contribution in [3.63, 3.8) is 0 Å². The molecule has 0 saturated carbocycles. The number of nitrogens with zero attached hydrogens (tertiary/aromatic N) is 4. The van der Waals surface area contributed by atoms with Crippen LogP contribution >= 0.6 is 0 Å². The summed E-state index contributed by atoms with van der Waals surface area (Å²) in [6.07, 6.45) is 0.656. The molecule has 148 valence electrons. The lowest BCUT2D eigenvalue weighted by Gasteiger charge is -2.14. The van der Waals surface area contributed by atoms with Crippen molar-refractivity contribution in [2.24, 2.45) is 5.92 Å². The molecule has 0 bridgehead atoms. The van der Waals surface area contributed by atoms with Crippen LogP contribution in [0.25, 0.3) is 17.2 Å². The minimum atomic E-state index is -0.205. The molecule has 1 amide bonds. The van der Waals surface area contributed by atoms with Crippen molar-refractivity contribution >= 4 is 11.7 Å². The monoisotopic (exact) mass is 381 g/mol. The highest BCUT2D eigenvalue weighted by Gasteiger charge is 2.18. The van der Waals surface area contributed by atoms with Gasteiger partial charge >= 0.3 is 0 Å². The molecular weight excluding hydrogens is 354 g/mol. The predicted octanol–water partition coefficient (Wildman–Crippen LogP) is 2.59. The first-order chi connectivity index (χ1) is 13.4. The molecule has 1 N–H and O–H groups in total. The largest absolute Gasteiger partial charge is 0.356 e. The second-order valence-corrected chi connectivity index (χ2v) is 7.32. The first kappa shape index (κ1) is 19.8. The molecule has 7 heteroatoms. The number of rotatable bonds is 7. The van der Waals surface area contributed by atoms with Crippen molar-refractivity contribution in [2.75, 3.05) is 6.54 Å². The molecule has 0 fully saturated rings. The summed E-state index contributed by atoms with van der Waals surface area (Å²) in [5.41, 5.74) is 2.10. The maximum atomic E-state index is 13.1. The summed E-state index contributed by atoms with van der Waals surface area (Å²) in [7, 11) is 0. The molecule has 3 aromatic rings. The maximum absolute atomic E-state index is 13.1. The fourth-order valence-corrected chi connectivity index (χ4v) is 3.23. The van der Waals surface area contributed by atoms with Crippen LogP contribution in [0.15, 0.2) is 35.1 Å². The van der Waals surface area contributed by atoms with E-state index in [9.17, 15) is 9.59 Å². The zero-order valence-corrected chi connectivity index (χ0v) is 16.9. The van der Waals surface area contributed by atoms with Crippen molar-refractivity contribution in [3.8, 4) is 11.4 Å². The number of hydrogen-bond acceptors (Lipinski definition) is 4. The van der Waals surface area contributed by atoms with Gasteiger partial charge in [0.15, 0.2) is 5.82 Å². The van der Waals surface area contributed by atoms with E-state index in [1.807, 2.05) is 62.6 Å². The molecule has 2 heterocycles. The molecular formula is C21H27N5O2. The minimum absolute atomic E-state index is 0.0424. The summed E-state index contributed by atoms with van der Waals surface area (Å²) >= 11 is 0. The zero-order valence-electron chi connectivity index (χ0n) is 16.9. The van der Waals surface area contributed by atoms with Crippen LogP contribution in [0.5, 0.6) is 0 Å². The summed E-state index contributed by atoms with van der Waals surface area (Å²) in [5, 5.41) is 7.35. The van der Waals surface area contributed by atoms with E-state index in [0.29, 0.717) is 42.6 Å². The van der Waals surface area contributed by atoms with Crippen LogP contribution in [0.3, 0.4) is 0 Å². The molecule has 0 unspecified atom stereocenters. The number of fused-ring (bicyclic) bond motifs is 1. The third kappa shape index (κ3) is 3.98. The molecule has 0 aliphatic rings. The van der Waals surface area contributed by atoms with E-state index in [2.05, 4.69) is 15.4 Å². The van der Waals surface area contributed by atoms with Gasteiger partial charge in [-0.2, -0.15) is 9.50 Å². The lowest BCUT2D eigenvalue weighted by Crippen LogP contribution is -2.30. The van der Waals surface area contributed by atoms with Crippen molar-refractivity contribution in [2.45, 2.75) is 47.1 Å². The highest BCUT2D eigenvalue weighted by Crippen LogP contribution is 2.17. The molecule has 0 atom stereocenters. The Labute approximate surface area is 164 Å². The topological polar surface area (TPSA) is 81.3 Å². The van der Waals surface area contributed by atoms with Gasteiger partial charge in [0.25, 0.3) is 5.56 Å². The lowest BCUT2D eigenvalue weighted by molar-refractivity contribution is -0.121. The molecule has 7 nitrogen and oxygen atoms in total. The van der Waals surface area contributed by atoms with Crippen LogP contribution in [-0.2, 0) is 17.8 Å². The van der Waals surface area contributed by atoms with Crippen LogP contribution in [0, 0.1) is 12.8 Å². The Balaban J connectivity index is 1.97. The summed E-state index contributed by atoms with van der Waals surface area (Å²) < 4.78 is 3.34. The first-order valence-corrected chi connectivity index (χ1v) is 9.73. The van der Waals surface area contributed by atoms with Gasteiger partial charge in [-0.3, -0.25) is 9.59 Å². The molecule has 0 aliphatic heterocycles. The Kier molecular flexibility index (Phi) is 5.92. The van der Waals surface area contributed by atoms with E-state index in [1.165, 1.54) is 4.52 Å². The van der Waals surface area contributed by atoms with Gasteiger partial charge < -0.3 is 9.88 Å². The smallest absolute Gasteiger partial charge is 0.279 e.